The molecule has 0 aliphatic heterocycles. The Hall–Kier alpha value is -0.230. The summed E-state index contributed by atoms with van der Waals surface area (Å²) in [6.45, 7) is 1.82. The number of halogens is 2. The lowest BCUT2D eigenvalue weighted by atomic mass is 10.2. The monoisotopic (exact) mass is 266 g/mol. The van der Waals surface area contributed by atoms with E-state index < -0.39 is 0 Å². The van der Waals surface area contributed by atoms with Crippen molar-refractivity contribution in [3.05, 3.63) is 27.3 Å². The van der Waals surface area contributed by atoms with Crippen LogP contribution in [-0.2, 0) is 0 Å². The fourth-order valence-electron chi connectivity index (χ4n) is 0.760. The highest BCUT2D eigenvalue weighted by Gasteiger charge is 2.06. The summed E-state index contributed by atoms with van der Waals surface area (Å²) < 4.78 is 13.3. The second-order valence-electron chi connectivity index (χ2n) is 2.31. The van der Waals surface area contributed by atoms with Crippen molar-refractivity contribution in [2.75, 3.05) is 0 Å². The number of hydrogen-bond acceptors (Lipinski definition) is 2. The summed E-state index contributed by atoms with van der Waals surface area (Å²) in [6, 6.07) is 1.29. The summed E-state index contributed by atoms with van der Waals surface area (Å²) in [5.74, 6) is -0.321. The molecule has 0 saturated heterocycles. The number of aromatic nitrogens is 1. The third kappa shape index (κ3) is 2.10. The van der Waals surface area contributed by atoms with Crippen LogP contribution in [0.3, 0.4) is 0 Å². The van der Waals surface area contributed by atoms with Crippen molar-refractivity contribution in [1.29, 1.82) is 0 Å². The molecule has 0 aliphatic carbocycles. The first-order chi connectivity index (χ1) is 5.11. The summed E-state index contributed by atoms with van der Waals surface area (Å²) >= 11 is 2.02. The highest BCUT2D eigenvalue weighted by atomic mass is 127. The van der Waals surface area contributed by atoms with Gasteiger partial charge in [-0.3, -0.25) is 4.98 Å². The molecule has 0 saturated carbocycles. The van der Waals surface area contributed by atoms with Crippen LogP contribution in [0.1, 0.15) is 18.7 Å². The molecule has 4 heteroatoms. The van der Waals surface area contributed by atoms with E-state index in [0.29, 0.717) is 0 Å². The standard InChI is InChI=1S/C7H8FIN2/c1-4(10)7-6(9)2-5(8)3-11-7/h2-4H,10H2,1H3. The lowest BCUT2D eigenvalue weighted by Gasteiger charge is -2.05. The van der Waals surface area contributed by atoms with Gasteiger partial charge >= 0.3 is 0 Å². The van der Waals surface area contributed by atoms with Gasteiger partial charge in [0.05, 0.1) is 11.9 Å². The van der Waals surface area contributed by atoms with Crippen LogP contribution < -0.4 is 5.73 Å². The van der Waals surface area contributed by atoms with E-state index in [1.807, 2.05) is 29.5 Å². The summed E-state index contributed by atoms with van der Waals surface area (Å²) in [7, 11) is 0. The second kappa shape index (κ2) is 3.44. The Labute approximate surface area is 78.1 Å². The molecule has 1 rings (SSSR count). The van der Waals surface area contributed by atoms with Crippen LogP contribution in [-0.4, -0.2) is 4.98 Å². The molecule has 0 aliphatic rings. The van der Waals surface area contributed by atoms with Gasteiger partial charge in [-0.05, 0) is 35.6 Å². The highest BCUT2D eigenvalue weighted by molar-refractivity contribution is 14.1. The molecule has 1 heterocycles. The highest BCUT2D eigenvalue weighted by Crippen LogP contribution is 2.15. The summed E-state index contributed by atoms with van der Waals surface area (Å²) in [4.78, 5) is 3.87. The molecule has 0 spiro atoms. The minimum absolute atomic E-state index is 0.137. The van der Waals surface area contributed by atoms with Crippen LogP contribution >= 0.6 is 22.6 Å². The first-order valence-corrected chi connectivity index (χ1v) is 4.25. The Morgan fingerprint density at radius 2 is 2.36 bits per heavy atom. The SMILES string of the molecule is CC(N)c1ncc(F)cc1I. The lowest BCUT2D eigenvalue weighted by Crippen LogP contribution is -2.09. The van der Waals surface area contributed by atoms with Crippen molar-refractivity contribution in [3.8, 4) is 0 Å². The molecule has 0 radical (unpaired) electrons. The summed E-state index contributed by atoms with van der Waals surface area (Å²) in [5.41, 5.74) is 6.32. The minimum atomic E-state index is -0.321. The van der Waals surface area contributed by atoms with E-state index in [-0.39, 0.29) is 11.9 Å². The quantitative estimate of drug-likeness (QED) is 0.788. The van der Waals surface area contributed by atoms with E-state index in [4.69, 9.17) is 5.73 Å². The maximum absolute atomic E-state index is 12.5. The fraction of sp³-hybridized carbons (Fsp3) is 0.286. The van der Waals surface area contributed by atoms with Crippen molar-refractivity contribution in [3.63, 3.8) is 0 Å². The van der Waals surface area contributed by atoms with Crippen LogP contribution in [0.25, 0.3) is 0 Å². The van der Waals surface area contributed by atoms with Crippen LogP contribution in [0.5, 0.6) is 0 Å². The van der Waals surface area contributed by atoms with Gasteiger partial charge in [-0.1, -0.05) is 0 Å². The maximum Gasteiger partial charge on any atom is 0.142 e. The van der Waals surface area contributed by atoms with E-state index in [9.17, 15) is 4.39 Å². The van der Waals surface area contributed by atoms with Crippen LogP contribution in [0, 0.1) is 9.39 Å². The van der Waals surface area contributed by atoms with Crippen LogP contribution in [0.2, 0.25) is 0 Å². The summed E-state index contributed by atoms with van der Waals surface area (Å²) in [6.07, 6.45) is 1.18. The minimum Gasteiger partial charge on any atom is -0.323 e. The molecule has 1 unspecified atom stereocenters. The van der Waals surface area contributed by atoms with E-state index in [2.05, 4.69) is 4.98 Å². The maximum atomic E-state index is 12.5. The smallest absolute Gasteiger partial charge is 0.142 e. The Bertz CT molecular complexity index is 263. The molecule has 11 heavy (non-hydrogen) atoms. The van der Waals surface area contributed by atoms with Crippen molar-refractivity contribution in [1.82, 2.24) is 4.98 Å². The Kier molecular flexibility index (Phi) is 2.78. The average Bonchev–Trinajstić information content (AvgIpc) is 1.85. The number of rotatable bonds is 1. The third-order valence-electron chi connectivity index (χ3n) is 1.27. The number of nitrogens with zero attached hydrogens (tertiary/aromatic N) is 1. The Balaban J connectivity index is 3.09. The van der Waals surface area contributed by atoms with E-state index in [1.165, 1.54) is 12.3 Å². The molecule has 60 valence electrons. The molecule has 0 amide bonds. The van der Waals surface area contributed by atoms with Gasteiger partial charge in [-0.25, -0.2) is 4.39 Å². The molecule has 2 nitrogen and oxygen atoms in total. The topological polar surface area (TPSA) is 38.9 Å². The Morgan fingerprint density at radius 3 is 2.82 bits per heavy atom. The van der Waals surface area contributed by atoms with Crippen molar-refractivity contribution in [2.45, 2.75) is 13.0 Å². The number of hydrogen-bond donors (Lipinski definition) is 1. The predicted octanol–water partition coefficient (Wildman–Crippen LogP) is 1.85. The molecular formula is C7H8FIN2. The predicted molar refractivity (Wildman–Crippen MR) is 49.5 cm³/mol. The van der Waals surface area contributed by atoms with E-state index in [1.54, 1.807) is 0 Å². The van der Waals surface area contributed by atoms with Gasteiger partial charge in [0.1, 0.15) is 5.82 Å². The molecule has 1 aromatic heterocycles. The zero-order valence-corrected chi connectivity index (χ0v) is 8.17. The largest absolute Gasteiger partial charge is 0.323 e. The molecular weight excluding hydrogens is 258 g/mol. The average molecular weight is 266 g/mol. The second-order valence-corrected chi connectivity index (χ2v) is 3.47. The summed E-state index contributed by atoms with van der Waals surface area (Å²) in [5, 5.41) is 0. The van der Waals surface area contributed by atoms with Gasteiger partial charge in [0.15, 0.2) is 0 Å². The van der Waals surface area contributed by atoms with E-state index in [0.717, 1.165) is 9.26 Å². The molecule has 1 atom stereocenters. The first kappa shape index (κ1) is 8.86. The van der Waals surface area contributed by atoms with Gasteiger partial charge < -0.3 is 5.73 Å². The lowest BCUT2D eigenvalue weighted by molar-refractivity contribution is 0.614. The van der Waals surface area contributed by atoms with Gasteiger partial charge in [0.25, 0.3) is 0 Å². The molecule has 0 fully saturated rings. The number of nitrogens with two attached hydrogens (primary N) is 1. The number of pyridine rings is 1. The molecule has 2 N–H and O–H groups in total. The van der Waals surface area contributed by atoms with Gasteiger partial charge in [0, 0.05) is 9.61 Å². The Morgan fingerprint density at radius 1 is 1.73 bits per heavy atom. The molecule has 0 bridgehead atoms. The molecule has 0 aromatic carbocycles. The first-order valence-electron chi connectivity index (χ1n) is 3.18. The van der Waals surface area contributed by atoms with E-state index >= 15 is 0 Å². The third-order valence-corrected chi connectivity index (χ3v) is 2.13. The fourth-order valence-corrected chi connectivity index (χ4v) is 1.69. The van der Waals surface area contributed by atoms with Gasteiger partial charge in [-0.2, -0.15) is 0 Å². The van der Waals surface area contributed by atoms with Crippen molar-refractivity contribution in [2.24, 2.45) is 5.73 Å². The van der Waals surface area contributed by atoms with Crippen molar-refractivity contribution >= 4 is 22.6 Å². The normalized spacial score (nSPS) is 13.1. The zero-order valence-electron chi connectivity index (χ0n) is 6.01. The van der Waals surface area contributed by atoms with Crippen LogP contribution in [0.4, 0.5) is 4.39 Å². The zero-order chi connectivity index (χ0) is 8.43. The molecule has 1 aromatic rings. The van der Waals surface area contributed by atoms with Crippen molar-refractivity contribution < 1.29 is 4.39 Å². The van der Waals surface area contributed by atoms with Gasteiger partial charge in [0.2, 0.25) is 0 Å². The van der Waals surface area contributed by atoms with Crippen LogP contribution in [0.15, 0.2) is 12.3 Å². The van der Waals surface area contributed by atoms with Gasteiger partial charge in [-0.15, -0.1) is 0 Å².